The summed E-state index contributed by atoms with van der Waals surface area (Å²) in [5.41, 5.74) is 5.41. The van der Waals surface area contributed by atoms with E-state index in [9.17, 15) is 17.9 Å². The van der Waals surface area contributed by atoms with Gasteiger partial charge in [-0.25, -0.2) is 17.5 Å². The second kappa shape index (κ2) is 5.97. The molecule has 112 valence electrons. The molecule has 1 saturated carbocycles. The quantitative estimate of drug-likeness (QED) is 0.710. The lowest BCUT2D eigenvalue weighted by Crippen LogP contribution is -2.45. The number of nitrogens with two attached hydrogens (primary N) is 1. The Balaban J connectivity index is 2.28. The maximum absolute atomic E-state index is 13.3. The SMILES string of the molecule is Nc1cc(F)c(Br)cc1S(=O)(=O)NC1CCCCC1O. The zero-order chi connectivity index (χ0) is 14.9. The average Bonchev–Trinajstić information content (AvgIpc) is 2.36. The molecule has 2 atom stereocenters. The van der Waals surface area contributed by atoms with Crippen LogP contribution in [0.4, 0.5) is 10.1 Å². The maximum Gasteiger partial charge on any atom is 0.242 e. The number of nitrogens with one attached hydrogen (secondary N) is 1. The van der Waals surface area contributed by atoms with Crippen LogP contribution in [0.2, 0.25) is 0 Å². The van der Waals surface area contributed by atoms with Crippen molar-refractivity contribution in [2.45, 2.75) is 42.7 Å². The standard InChI is InChI=1S/C12H16BrFN2O3S/c13-7-5-12(9(15)6-8(7)14)20(18,19)16-10-3-1-2-4-11(10)17/h5-6,10-11,16-17H,1-4,15H2. The fourth-order valence-corrected chi connectivity index (χ4v) is 4.23. The molecule has 1 fully saturated rings. The van der Waals surface area contributed by atoms with Gasteiger partial charge in [-0.05, 0) is 40.9 Å². The third kappa shape index (κ3) is 3.30. The number of nitrogen functional groups attached to an aromatic ring is 1. The highest BCUT2D eigenvalue weighted by Gasteiger charge is 2.29. The molecule has 1 aliphatic carbocycles. The van der Waals surface area contributed by atoms with Gasteiger partial charge in [-0.15, -0.1) is 0 Å². The van der Waals surface area contributed by atoms with Crippen molar-refractivity contribution >= 4 is 31.6 Å². The summed E-state index contributed by atoms with van der Waals surface area (Å²) in [6, 6.07) is 1.55. The number of hydrogen-bond donors (Lipinski definition) is 3. The van der Waals surface area contributed by atoms with Gasteiger partial charge in [-0.2, -0.15) is 0 Å². The van der Waals surface area contributed by atoms with Gasteiger partial charge in [0.05, 0.1) is 16.3 Å². The van der Waals surface area contributed by atoms with Crippen LogP contribution < -0.4 is 10.5 Å². The van der Waals surface area contributed by atoms with Crippen molar-refractivity contribution in [3.05, 3.63) is 22.4 Å². The van der Waals surface area contributed by atoms with Gasteiger partial charge in [0.1, 0.15) is 10.7 Å². The van der Waals surface area contributed by atoms with E-state index in [2.05, 4.69) is 20.7 Å². The Hall–Kier alpha value is -0.700. The maximum atomic E-state index is 13.3. The second-order valence-electron chi connectivity index (χ2n) is 4.88. The largest absolute Gasteiger partial charge is 0.398 e. The molecular formula is C12H16BrFN2O3S. The number of anilines is 1. The minimum absolute atomic E-state index is 0.0243. The Kier molecular flexibility index (Phi) is 4.68. The first kappa shape index (κ1) is 15.7. The minimum atomic E-state index is -3.89. The molecule has 5 nitrogen and oxygen atoms in total. The van der Waals surface area contributed by atoms with Crippen LogP contribution in [-0.4, -0.2) is 25.7 Å². The topological polar surface area (TPSA) is 92.4 Å². The Morgan fingerprint density at radius 3 is 2.65 bits per heavy atom. The summed E-state index contributed by atoms with van der Waals surface area (Å²) in [6.07, 6.45) is 2.16. The van der Waals surface area contributed by atoms with Crippen molar-refractivity contribution in [1.82, 2.24) is 4.72 Å². The van der Waals surface area contributed by atoms with Crippen LogP contribution in [0.15, 0.2) is 21.5 Å². The van der Waals surface area contributed by atoms with E-state index < -0.39 is 28.0 Å². The number of hydrogen-bond acceptors (Lipinski definition) is 4. The lowest BCUT2D eigenvalue weighted by molar-refractivity contribution is 0.101. The molecule has 8 heteroatoms. The van der Waals surface area contributed by atoms with Gasteiger partial charge < -0.3 is 10.8 Å². The lowest BCUT2D eigenvalue weighted by Gasteiger charge is -2.28. The van der Waals surface area contributed by atoms with Gasteiger partial charge in [0.2, 0.25) is 10.0 Å². The zero-order valence-electron chi connectivity index (χ0n) is 10.6. The fourth-order valence-electron chi connectivity index (χ4n) is 2.29. The molecule has 4 N–H and O–H groups in total. The predicted octanol–water partition coefficient (Wildman–Crippen LogP) is 1.75. The van der Waals surface area contributed by atoms with Crippen LogP contribution in [0.3, 0.4) is 0 Å². The first-order chi connectivity index (χ1) is 9.31. The molecular weight excluding hydrogens is 351 g/mol. The Morgan fingerprint density at radius 2 is 2.00 bits per heavy atom. The average molecular weight is 367 g/mol. The molecule has 0 aliphatic heterocycles. The highest BCUT2D eigenvalue weighted by atomic mass is 79.9. The Morgan fingerprint density at radius 1 is 1.35 bits per heavy atom. The van der Waals surface area contributed by atoms with E-state index in [-0.39, 0.29) is 15.1 Å². The smallest absolute Gasteiger partial charge is 0.242 e. The molecule has 0 aromatic heterocycles. The van der Waals surface area contributed by atoms with Gasteiger partial charge in [0, 0.05) is 6.04 Å². The third-order valence-electron chi connectivity index (χ3n) is 3.38. The van der Waals surface area contributed by atoms with E-state index in [0.717, 1.165) is 25.0 Å². The molecule has 2 unspecified atom stereocenters. The molecule has 1 aromatic carbocycles. The van der Waals surface area contributed by atoms with Crippen molar-refractivity contribution < 1.29 is 17.9 Å². The highest BCUT2D eigenvalue weighted by Crippen LogP contribution is 2.27. The molecule has 20 heavy (non-hydrogen) atoms. The first-order valence-electron chi connectivity index (χ1n) is 6.26. The number of sulfonamides is 1. The molecule has 1 aromatic rings. The predicted molar refractivity (Wildman–Crippen MR) is 77.1 cm³/mol. The lowest BCUT2D eigenvalue weighted by atomic mass is 9.93. The number of halogens is 2. The van der Waals surface area contributed by atoms with Gasteiger partial charge in [-0.1, -0.05) is 12.8 Å². The van der Waals surface area contributed by atoms with Crippen LogP contribution in [0.25, 0.3) is 0 Å². The molecule has 0 saturated heterocycles. The number of aliphatic hydroxyl groups excluding tert-OH is 1. The first-order valence-corrected chi connectivity index (χ1v) is 8.54. The Bertz CT molecular complexity index is 609. The van der Waals surface area contributed by atoms with Crippen molar-refractivity contribution in [2.24, 2.45) is 0 Å². The van der Waals surface area contributed by atoms with Gasteiger partial charge in [0.15, 0.2) is 0 Å². The van der Waals surface area contributed by atoms with Gasteiger partial charge in [0.25, 0.3) is 0 Å². The van der Waals surface area contributed by atoms with Crippen molar-refractivity contribution in [1.29, 1.82) is 0 Å². The summed E-state index contributed by atoms with van der Waals surface area (Å²) >= 11 is 2.94. The summed E-state index contributed by atoms with van der Waals surface area (Å²) in [5, 5.41) is 9.82. The van der Waals surface area contributed by atoms with Crippen molar-refractivity contribution in [2.75, 3.05) is 5.73 Å². The van der Waals surface area contributed by atoms with Crippen LogP contribution in [0, 0.1) is 5.82 Å². The number of aliphatic hydroxyl groups is 1. The van der Waals surface area contributed by atoms with Gasteiger partial charge >= 0.3 is 0 Å². The van der Waals surface area contributed by atoms with Crippen LogP contribution in [0.1, 0.15) is 25.7 Å². The molecule has 0 bridgehead atoms. The van der Waals surface area contributed by atoms with E-state index in [4.69, 9.17) is 5.73 Å². The summed E-state index contributed by atoms with van der Waals surface area (Å²) < 4.78 is 40.3. The molecule has 0 heterocycles. The summed E-state index contributed by atoms with van der Waals surface area (Å²) in [6.45, 7) is 0. The molecule has 1 aliphatic rings. The zero-order valence-corrected chi connectivity index (χ0v) is 13.0. The third-order valence-corrected chi connectivity index (χ3v) is 5.53. The van der Waals surface area contributed by atoms with Gasteiger partial charge in [-0.3, -0.25) is 0 Å². The minimum Gasteiger partial charge on any atom is -0.398 e. The van der Waals surface area contributed by atoms with E-state index in [0.29, 0.717) is 12.8 Å². The summed E-state index contributed by atoms with van der Waals surface area (Å²) in [5.74, 6) is -0.626. The van der Waals surface area contributed by atoms with Crippen LogP contribution >= 0.6 is 15.9 Å². The molecule has 0 amide bonds. The molecule has 0 radical (unpaired) electrons. The normalized spacial score (nSPS) is 23.8. The van der Waals surface area contributed by atoms with Crippen molar-refractivity contribution in [3.63, 3.8) is 0 Å². The fraction of sp³-hybridized carbons (Fsp3) is 0.500. The van der Waals surface area contributed by atoms with Crippen LogP contribution in [0.5, 0.6) is 0 Å². The summed E-state index contributed by atoms with van der Waals surface area (Å²) in [4.78, 5) is -0.191. The van der Waals surface area contributed by atoms with Crippen molar-refractivity contribution in [3.8, 4) is 0 Å². The Labute approximate surface area is 125 Å². The molecule has 2 rings (SSSR count). The van der Waals surface area contributed by atoms with E-state index in [1.54, 1.807) is 0 Å². The van der Waals surface area contributed by atoms with E-state index >= 15 is 0 Å². The van der Waals surface area contributed by atoms with E-state index in [1.807, 2.05) is 0 Å². The van der Waals surface area contributed by atoms with Crippen LogP contribution in [-0.2, 0) is 10.0 Å². The molecule has 0 spiro atoms. The second-order valence-corrected chi connectivity index (χ2v) is 7.42. The monoisotopic (exact) mass is 366 g/mol. The van der Waals surface area contributed by atoms with E-state index in [1.165, 1.54) is 0 Å². The number of benzene rings is 1. The summed E-state index contributed by atoms with van der Waals surface area (Å²) in [7, 11) is -3.89. The highest BCUT2D eigenvalue weighted by molar-refractivity contribution is 9.10. The number of rotatable bonds is 3.